The molecule has 1 atom stereocenters. The Labute approximate surface area is 241 Å². The molecule has 2 aliphatic rings. The van der Waals surface area contributed by atoms with E-state index in [1.807, 2.05) is 50.2 Å². The maximum absolute atomic E-state index is 13.6. The van der Waals surface area contributed by atoms with Crippen LogP contribution in [0.1, 0.15) is 43.9 Å². The number of hydrogen-bond acceptors (Lipinski definition) is 6. The van der Waals surface area contributed by atoms with Crippen LogP contribution in [0.15, 0.2) is 54.6 Å². The van der Waals surface area contributed by atoms with E-state index in [0.29, 0.717) is 32.6 Å². The summed E-state index contributed by atoms with van der Waals surface area (Å²) in [7, 11) is 0. The first-order valence-corrected chi connectivity index (χ1v) is 14.7. The first kappa shape index (κ1) is 27.0. The summed E-state index contributed by atoms with van der Waals surface area (Å²) in [5.74, 6) is -0.335. The van der Waals surface area contributed by atoms with E-state index in [2.05, 4.69) is 25.8 Å². The molecule has 6 rings (SSSR count). The Hall–Kier alpha value is -3.24. The lowest BCUT2D eigenvalue weighted by Crippen LogP contribution is -2.42. The molecule has 1 saturated heterocycles. The molecule has 4 aromatic rings. The molecule has 1 spiro atoms. The van der Waals surface area contributed by atoms with Gasteiger partial charge in [0.2, 0.25) is 0 Å². The van der Waals surface area contributed by atoms with Crippen molar-refractivity contribution in [3.63, 3.8) is 0 Å². The molecule has 3 heterocycles. The molecular weight excluding hydrogens is 549 g/mol. The number of halogens is 2. The average Bonchev–Trinajstić information content (AvgIpc) is 3.47. The Morgan fingerprint density at radius 2 is 1.93 bits per heavy atom. The molecule has 0 radical (unpaired) electrons. The Morgan fingerprint density at radius 1 is 1.15 bits per heavy atom. The first-order chi connectivity index (χ1) is 19.3. The standard InChI is InChI=1S/C30H31ClFN5O2S/c1-17(2)27(38)19-8-9-20(31)25-26(19)37(16-30(25)11-13-33-14-12-30)23-6-4-3-5-21(23)34-28(39)36-29-35-22-10-7-18(32)15-24(22)40-29/h3-10,15,17,27,33,38H,11-14,16H2,1-2H3,(H2,34,35,36,39). The lowest BCUT2D eigenvalue weighted by molar-refractivity contribution is 0.127. The lowest BCUT2D eigenvalue weighted by atomic mass is 9.74. The smallest absolute Gasteiger partial charge is 0.325 e. The fourth-order valence-corrected chi connectivity index (χ4v) is 7.21. The zero-order valence-electron chi connectivity index (χ0n) is 22.3. The number of nitrogens with zero attached hydrogens (tertiary/aromatic N) is 2. The number of amides is 2. The second-order valence-corrected chi connectivity index (χ2v) is 12.3. The van der Waals surface area contributed by atoms with Gasteiger partial charge >= 0.3 is 6.03 Å². The van der Waals surface area contributed by atoms with E-state index in [4.69, 9.17) is 11.6 Å². The van der Waals surface area contributed by atoms with Gasteiger partial charge in [0, 0.05) is 28.1 Å². The van der Waals surface area contributed by atoms with Crippen LogP contribution >= 0.6 is 22.9 Å². The molecule has 1 fully saturated rings. The van der Waals surface area contributed by atoms with E-state index in [9.17, 15) is 14.3 Å². The molecule has 0 bridgehead atoms. The van der Waals surface area contributed by atoms with Crippen LogP contribution in [0, 0.1) is 11.7 Å². The molecule has 10 heteroatoms. The molecule has 0 aliphatic carbocycles. The number of rotatable bonds is 5. The van der Waals surface area contributed by atoms with Crippen LogP contribution in [-0.2, 0) is 5.41 Å². The lowest BCUT2D eigenvalue weighted by Gasteiger charge is -2.35. The van der Waals surface area contributed by atoms with Crippen molar-refractivity contribution in [1.82, 2.24) is 10.3 Å². The first-order valence-electron chi connectivity index (χ1n) is 13.5. The number of aliphatic hydroxyl groups is 1. The highest BCUT2D eigenvalue weighted by Gasteiger charge is 2.47. The highest BCUT2D eigenvalue weighted by atomic mass is 35.5. The van der Waals surface area contributed by atoms with Crippen LogP contribution in [0.4, 0.5) is 31.4 Å². The van der Waals surface area contributed by atoms with E-state index in [1.165, 1.54) is 23.5 Å². The van der Waals surface area contributed by atoms with Crippen LogP contribution in [0.2, 0.25) is 5.02 Å². The SMILES string of the molecule is CC(C)C(O)c1ccc(Cl)c2c1N(c1ccccc1NC(=O)Nc1nc3ccc(F)cc3s1)CC21CCNCC1. The Bertz CT molecular complexity index is 1590. The van der Waals surface area contributed by atoms with E-state index < -0.39 is 12.1 Å². The second kappa shape index (κ2) is 10.6. The van der Waals surface area contributed by atoms with Crippen molar-refractivity contribution >= 4 is 61.4 Å². The number of benzene rings is 3. The zero-order valence-corrected chi connectivity index (χ0v) is 23.9. The van der Waals surface area contributed by atoms with Crippen molar-refractivity contribution < 1.29 is 14.3 Å². The van der Waals surface area contributed by atoms with Crippen molar-refractivity contribution in [1.29, 1.82) is 0 Å². The molecule has 2 amide bonds. The number of carbonyl (C=O) groups excluding carboxylic acids is 1. The van der Waals surface area contributed by atoms with Crippen molar-refractivity contribution in [2.24, 2.45) is 5.92 Å². The molecule has 2 aliphatic heterocycles. The fourth-order valence-electron chi connectivity index (χ4n) is 5.97. The monoisotopic (exact) mass is 579 g/mol. The number of aliphatic hydroxyl groups excluding tert-OH is 1. The number of nitrogens with one attached hydrogen (secondary N) is 3. The van der Waals surface area contributed by atoms with E-state index in [-0.39, 0.29) is 17.2 Å². The zero-order chi connectivity index (χ0) is 28.0. The van der Waals surface area contributed by atoms with Crippen molar-refractivity contribution in [3.05, 3.63) is 76.6 Å². The summed E-state index contributed by atoms with van der Waals surface area (Å²) < 4.78 is 14.3. The predicted octanol–water partition coefficient (Wildman–Crippen LogP) is 7.20. The minimum absolute atomic E-state index is 0.0122. The number of hydrogen-bond donors (Lipinski definition) is 4. The number of anilines is 4. The number of thiazole rings is 1. The van der Waals surface area contributed by atoms with E-state index >= 15 is 0 Å². The predicted molar refractivity (Wildman–Crippen MR) is 161 cm³/mol. The van der Waals surface area contributed by atoms with Gasteiger partial charge in [0.1, 0.15) is 5.82 Å². The van der Waals surface area contributed by atoms with Crippen molar-refractivity contribution in [2.75, 3.05) is 35.2 Å². The molecule has 7 nitrogen and oxygen atoms in total. The van der Waals surface area contributed by atoms with Crippen LogP contribution in [0.5, 0.6) is 0 Å². The van der Waals surface area contributed by atoms with Crippen LogP contribution in [0.3, 0.4) is 0 Å². The van der Waals surface area contributed by atoms with Crippen LogP contribution in [-0.4, -0.2) is 35.8 Å². The van der Waals surface area contributed by atoms with Gasteiger partial charge in [-0.3, -0.25) is 5.32 Å². The molecule has 1 aromatic heterocycles. The van der Waals surface area contributed by atoms with Crippen LogP contribution in [0.25, 0.3) is 10.2 Å². The van der Waals surface area contributed by atoms with Crippen molar-refractivity contribution in [3.8, 4) is 0 Å². The number of para-hydroxylation sites is 2. The molecule has 1 unspecified atom stereocenters. The molecule has 4 N–H and O–H groups in total. The number of carbonyl (C=O) groups is 1. The largest absolute Gasteiger partial charge is 0.388 e. The van der Waals surface area contributed by atoms with Gasteiger partial charge < -0.3 is 20.6 Å². The summed E-state index contributed by atoms with van der Waals surface area (Å²) >= 11 is 8.13. The molecule has 3 aromatic carbocycles. The normalized spacial score (nSPS) is 16.9. The summed E-state index contributed by atoms with van der Waals surface area (Å²) in [4.78, 5) is 19.7. The van der Waals surface area contributed by atoms with E-state index in [1.54, 1.807) is 6.07 Å². The maximum Gasteiger partial charge on any atom is 0.325 e. The number of urea groups is 1. The van der Waals surface area contributed by atoms with Gasteiger partial charge in [0.25, 0.3) is 0 Å². The molecule has 208 valence electrons. The number of aromatic nitrogens is 1. The second-order valence-electron chi connectivity index (χ2n) is 10.9. The summed E-state index contributed by atoms with van der Waals surface area (Å²) in [6.07, 6.45) is 1.18. The Balaban J connectivity index is 1.37. The quantitative estimate of drug-likeness (QED) is 0.201. The van der Waals surface area contributed by atoms with Gasteiger partial charge in [-0.1, -0.05) is 55.0 Å². The van der Waals surface area contributed by atoms with Gasteiger partial charge in [0.15, 0.2) is 5.13 Å². The minimum Gasteiger partial charge on any atom is -0.388 e. The Kier molecular flexibility index (Phi) is 7.16. The van der Waals surface area contributed by atoms with Gasteiger partial charge in [0.05, 0.1) is 33.4 Å². The van der Waals surface area contributed by atoms with Gasteiger partial charge in [-0.2, -0.15) is 0 Å². The minimum atomic E-state index is -0.669. The third-order valence-corrected chi connectivity index (χ3v) is 9.19. The third kappa shape index (κ3) is 4.81. The summed E-state index contributed by atoms with van der Waals surface area (Å²) in [6, 6.07) is 15.4. The molecule has 40 heavy (non-hydrogen) atoms. The highest BCUT2D eigenvalue weighted by molar-refractivity contribution is 7.22. The highest BCUT2D eigenvalue weighted by Crippen LogP contribution is 2.55. The average molecular weight is 580 g/mol. The number of fused-ring (bicyclic) bond motifs is 3. The van der Waals surface area contributed by atoms with Crippen LogP contribution < -0.4 is 20.9 Å². The molecule has 0 saturated carbocycles. The summed E-state index contributed by atoms with van der Waals surface area (Å²) in [5.41, 5.74) is 4.74. The molecular formula is C30H31ClFN5O2S. The van der Waals surface area contributed by atoms with Gasteiger partial charge in [-0.15, -0.1) is 0 Å². The van der Waals surface area contributed by atoms with Crippen molar-refractivity contribution in [2.45, 2.75) is 38.2 Å². The number of piperidine rings is 1. The third-order valence-electron chi connectivity index (χ3n) is 7.94. The summed E-state index contributed by atoms with van der Waals surface area (Å²) in [5, 5.41) is 21.6. The van der Waals surface area contributed by atoms with Gasteiger partial charge in [-0.05, 0) is 68.2 Å². The van der Waals surface area contributed by atoms with E-state index in [0.717, 1.165) is 48.4 Å². The summed E-state index contributed by atoms with van der Waals surface area (Å²) in [6.45, 7) is 6.46. The fraction of sp³-hybridized carbons (Fsp3) is 0.333. The Morgan fingerprint density at radius 3 is 2.70 bits per heavy atom. The maximum atomic E-state index is 13.6. The topological polar surface area (TPSA) is 89.5 Å². The van der Waals surface area contributed by atoms with Gasteiger partial charge in [-0.25, -0.2) is 14.2 Å².